The number of hydrogen-bond acceptors (Lipinski definition) is 4. The summed E-state index contributed by atoms with van der Waals surface area (Å²) in [6.07, 6.45) is 2.87. The highest BCUT2D eigenvalue weighted by Gasteiger charge is 2.39. The molecule has 2 aliphatic rings. The van der Waals surface area contributed by atoms with Crippen LogP contribution in [0.15, 0.2) is 12.2 Å². The Labute approximate surface area is 106 Å². The van der Waals surface area contributed by atoms with E-state index in [-0.39, 0.29) is 30.1 Å². The van der Waals surface area contributed by atoms with Crippen molar-refractivity contribution >= 4 is 17.8 Å². The van der Waals surface area contributed by atoms with Gasteiger partial charge in [-0.1, -0.05) is 19.9 Å². The van der Waals surface area contributed by atoms with Crippen LogP contribution in [0.1, 0.15) is 20.3 Å². The zero-order valence-corrected chi connectivity index (χ0v) is 10.6. The number of allylic oxidation sites excluding steroid dienone is 1. The van der Waals surface area contributed by atoms with Gasteiger partial charge in [0, 0.05) is 6.42 Å². The van der Waals surface area contributed by atoms with Gasteiger partial charge in [0.25, 0.3) is 0 Å². The minimum absolute atomic E-state index is 0.0385. The standard InChI is InChI=1S/C13H17NO4/c1-8(2)11-7-9(15)3-4-10(11)12(16)14-5-6-18-13(14)17/h3-4,8,10-11H,5-7H2,1-2H3/t10-,11+/m0/s1. The predicted octanol–water partition coefficient (Wildman–Crippen LogP) is 1.38. The van der Waals surface area contributed by atoms with Crippen LogP contribution in [0.5, 0.6) is 0 Å². The fourth-order valence-corrected chi connectivity index (χ4v) is 2.47. The number of carbonyl (C=O) groups excluding carboxylic acids is 3. The minimum Gasteiger partial charge on any atom is -0.447 e. The number of rotatable bonds is 2. The molecule has 5 nitrogen and oxygen atoms in total. The summed E-state index contributed by atoms with van der Waals surface area (Å²) in [5.74, 6) is -0.426. The first-order valence-electron chi connectivity index (χ1n) is 6.20. The van der Waals surface area contributed by atoms with Gasteiger partial charge >= 0.3 is 6.09 Å². The van der Waals surface area contributed by atoms with E-state index in [1.807, 2.05) is 13.8 Å². The van der Waals surface area contributed by atoms with Crippen LogP contribution >= 0.6 is 0 Å². The number of cyclic esters (lactones) is 1. The zero-order valence-electron chi connectivity index (χ0n) is 10.6. The van der Waals surface area contributed by atoms with Crippen molar-refractivity contribution in [2.24, 2.45) is 17.8 Å². The summed E-state index contributed by atoms with van der Waals surface area (Å²) in [6, 6.07) is 0. The van der Waals surface area contributed by atoms with E-state index >= 15 is 0 Å². The molecule has 0 N–H and O–H groups in total. The van der Waals surface area contributed by atoms with E-state index in [9.17, 15) is 14.4 Å². The molecule has 1 saturated heterocycles. The normalized spacial score (nSPS) is 27.8. The molecule has 5 heteroatoms. The van der Waals surface area contributed by atoms with Gasteiger partial charge in [0.2, 0.25) is 5.91 Å². The lowest BCUT2D eigenvalue weighted by molar-refractivity contribution is -0.133. The van der Waals surface area contributed by atoms with Gasteiger partial charge in [-0.15, -0.1) is 0 Å². The van der Waals surface area contributed by atoms with Crippen molar-refractivity contribution in [1.82, 2.24) is 4.90 Å². The molecule has 0 bridgehead atoms. The van der Waals surface area contributed by atoms with Crippen LogP contribution in [-0.4, -0.2) is 35.8 Å². The number of hydrogen-bond donors (Lipinski definition) is 0. The third-order valence-electron chi connectivity index (χ3n) is 3.56. The molecule has 0 radical (unpaired) electrons. The molecule has 18 heavy (non-hydrogen) atoms. The van der Waals surface area contributed by atoms with Crippen LogP contribution in [0.4, 0.5) is 4.79 Å². The average molecular weight is 251 g/mol. The molecule has 98 valence electrons. The average Bonchev–Trinajstić information content (AvgIpc) is 2.74. The third-order valence-corrected chi connectivity index (χ3v) is 3.56. The Morgan fingerprint density at radius 2 is 2.17 bits per heavy atom. The second kappa shape index (κ2) is 4.92. The van der Waals surface area contributed by atoms with Crippen LogP contribution in [0, 0.1) is 17.8 Å². The topological polar surface area (TPSA) is 63.7 Å². The van der Waals surface area contributed by atoms with Crippen LogP contribution in [0.25, 0.3) is 0 Å². The summed E-state index contributed by atoms with van der Waals surface area (Å²) in [5, 5.41) is 0. The van der Waals surface area contributed by atoms with E-state index < -0.39 is 12.0 Å². The lowest BCUT2D eigenvalue weighted by Gasteiger charge is -2.30. The van der Waals surface area contributed by atoms with Crippen molar-refractivity contribution in [3.8, 4) is 0 Å². The number of imide groups is 1. The molecule has 1 aliphatic carbocycles. The van der Waals surface area contributed by atoms with E-state index in [1.54, 1.807) is 6.08 Å². The van der Waals surface area contributed by atoms with Gasteiger partial charge in [0.15, 0.2) is 5.78 Å². The molecule has 0 aromatic rings. The lowest BCUT2D eigenvalue weighted by atomic mass is 9.76. The third kappa shape index (κ3) is 2.30. The first-order valence-corrected chi connectivity index (χ1v) is 6.20. The van der Waals surface area contributed by atoms with Crippen molar-refractivity contribution < 1.29 is 19.1 Å². The molecular formula is C13H17NO4. The zero-order chi connectivity index (χ0) is 13.3. The summed E-state index contributed by atoms with van der Waals surface area (Å²) in [5.41, 5.74) is 0. The molecule has 0 saturated carbocycles. The fraction of sp³-hybridized carbons (Fsp3) is 0.615. The Bertz CT molecular complexity index is 413. The Morgan fingerprint density at radius 1 is 1.44 bits per heavy atom. The van der Waals surface area contributed by atoms with Gasteiger partial charge in [-0.25, -0.2) is 9.69 Å². The van der Waals surface area contributed by atoms with Gasteiger partial charge in [0.05, 0.1) is 12.5 Å². The number of carbonyl (C=O) groups is 3. The van der Waals surface area contributed by atoms with Gasteiger partial charge in [-0.05, 0) is 17.9 Å². The molecule has 0 spiro atoms. The van der Waals surface area contributed by atoms with Crippen molar-refractivity contribution in [1.29, 1.82) is 0 Å². The van der Waals surface area contributed by atoms with Crippen LogP contribution in [0.2, 0.25) is 0 Å². The van der Waals surface area contributed by atoms with E-state index in [0.717, 1.165) is 4.90 Å². The highest BCUT2D eigenvalue weighted by molar-refractivity contribution is 5.98. The van der Waals surface area contributed by atoms with Gasteiger partial charge in [-0.2, -0.15) is 0 Å². The smallest absolute Gasteiger partial charge is 0.416 e. The Morgan fingerprint density at radius 3 is 2.72 bits per heavy atom. The lowest BCUT2D eigenvalue weighted by Crippen LogP contribution is -2.41. The van der Waals surface area contributed by atoms with E-state index in [2.05, 4.69) is 0 Å². The molecular weight excluding hydrogens is 234 g/mol. The number of amides is 2. The Hall–Kier alpha value is -1.65. The van der Waals surface area contributed by atoms with E-state index in [4.69, 9.17) is 4.74 Å². The number of ketones is 1. The predicted molar refractivity (Wildman–Crippen MR) is 63.6 cm³/mol. The number of nitrogens with zero attached hydrogens (tertiary/aromatic N) is 1. The maximum Gasteiger partial charge on any atom is 0.416 e. The van der Waals surface area contributed by atoms with Crippen molar-refractivity contribution in [2.75, 3.05) is 13.2 Å². The molecule has 1 heterocycles. The first kappa shape index (κ1) is 12.8. The number of ether oxygens (including phenoxy) is 1. The SMILES string of the molecule is CC(C)[C@H]1CC(=O)C=C[C@@H]1C(=O)N1CCOC1=O. The maximum absolute atomic E-state index is 12.3. The monoisotopic (exact) mass is 251 g/mol. The summed E-state index contributed by atoms with van der Waals surface area (Å²) < 4.78 is 4.77. The molecule has 0 aromatic heterocycles. The molecule has 2 atom stereocenters. The quantitative estimate of drug-likeness (QED) is 0.743. The van der Waals surface area contributed by atoms with Crippen LogP contribution in [0.3, 0.4) is 0 Å². The highest BCUT2D eigenvalue weighted by atomic mass is 16.6. The van der Waals surface area contributed by atoms with Gasteiger partial charge in [-0.3, -0.25) is 9.59 Å². The molecule has 0 aromatic carbocycles. The van der Waals surface area contributed by atoms with Crippen molar-refractivity contribution in [3.05, 3.63) is 12.2 Å². The summed E-state index contributed by atoms with van der Waals surface area (Å²) in [6.45, 7) is 4.53. The molecule has 2 amide bonds. The maximum atomic E-state index is 12.3. The van der Waals surface area contributed by atoms with Crippen molar-refractivity contribution in [3.63, 3.8) is 0 Å². The second-order valence-corrected chi connectivity index (χ2v) is 5.07. The van der Waals surface area contributed by atoms with Gasteiger partial charge < -0.3 is 4.74 Å². The largest absolute Gasteiger partial charge is 0.447 e. The minimum atomic E-state index is -0.576. The molecule has 2 rings (SSSR count). The highest BCUT2D eigenvalue weighted by Crippen LogP contribution is 2.31. The molecule has 0 unspecified atom stereocenters. The van der Waals surface area contributed by atoms with Gasteiger partial charge in [0.1, 0.15) is 6.61 Å². The summed E-state index contributed by atoms with van der Waals surface area (Å²) in [4.78, 5) is 36.3. The fourth-order valence-electron chi connectivity index (χ4n) is 2.47. The Kier molecular flexibility index (Phi) is 3.50. The molecule has 1 fully saturated rings. The van der Waals surface area contributed by atoms with E-state index in [1.165, 1.54) is 6.08 Å². The van der Waals surface area contributed by atoms with E-state index in [0.29, 0.717) is 13.0 Å². The second-order valence-electron chi connectivity index (χ2n) is 5.07. The summed E-state index contributed by atoms with van der Waals surface area (Å²) in [7, 11) is 0. The molecule has 1 aliphatic heterocycles. The summed E-state index contributed by atoms with van der Waals surface area (Å²) >= 11 is 0. The van der Waals surface area contributed by atoms with Crippen LogP contribution in [-0.2, 0) is 14.3 Å². The van der Waals surface area contributed by atoms with Crippen LogP contribution < -0.4 is 0 Å². The van der Waals surface area contributed by atoms with Crippen molar-refractivity contribution in [2.45, 2.75) is 20.3 Å². The Balaban J connectivity index is 2.19. The first-order chi connectivity index (χ1) is 8.50.